The molecule has 0 bridgehead atoms. The van der Waals surface area contributed by atoms with Crippen molar-refractivity contribution in [2.75, 3.05) is 18.9 Å². The lowest BCUT2D eigenvalue weighted by molar-refractivity contribution is 0.178. The van der Waals surface area contributed by atoms with Crippen molar-refractivity contribution < 1.29 is 13.2 Å². The first-order chi connectivity index (χ1) is 8.73. The number of anilines is 1. The van der Waals surface area contributed by atoms with Gasteiger partial charge in [-0.2, -0.15) is 0 Å². The fourth-order valence-electron chi connectivity index (χ4n) is 1.91. The zero-order valence-corrected chi connectivity index (χ0v) is 13.4. The van der Waals surface area contributed by atoms with Crippen molar-refractivity contribution in [2.24, 2.45) is 0 Å². The largest absolute Gasteiger partial charge is 0.398 e. The molecule has 0 amide bonds. The van der Waals surface area contributed by atoms with Gasteiger partial charge in [-0.1, -0.05) is 11.6 Å². The Morgan fingerprint density at radius 2 is 2.21 bits per heavy atom. The Kier molecular flexibility index (Phi) is 4.13. The molecular weight excluding hydrogens is 356 g/mol. The second-order valence-corrected chi connectivity index (χ2v) is 7.66. The summed E-state index contributed by atoms with van der Waals surface area (Å²) in [6.45, 7) is 2.69. The van der Waals surface area contributed by atoms with Crippen LogP contribution < -0.4 is 10.5 Å². The Balaban J connectivity index is 2.40. The molecule has 0 aromatic heterocycles. The predicted octanol–water partition coefficient (Wildman–Crippen LogP) is 2.14. The van der Waals surface area contributed by atoms with E-state index in [1.165, 1.54) is 12.1 Å². The molecule has 1 saturated heterocycles. The number of nitrogens with two attached hydrogens (primary N) is 1. The molecule has 0 saturated carbocycles. The van der Waals surface area contributed by atoms with Crippen LogP contribution in [0.25, 0.3) is 0 Å². The number of benzene rings is 1. The maximum atomic E-state index is 12.4. The molecule has 0 aliphatic carbocycles. The highest BCUT2D eigenvalue weighted by molar-refractivity contribution is 9.10. The first kappa shape index (κ1) is 15.1. The van der Waals surface area contributed by atoms with Crippen LogP contribution in [0.5, 0.6) is 0 Å². The number of hydrogen-bond acceptors (Lipinski definition) is 4. The third-order valence-electron chi connectivity index (χ3n) is 2.92. The summed E-state index contributed by atoms with van der Waals surface area (Å²) in [5.41, 5.74) is 5.39. The molecule has 1 aliphatic rings. The Hall–Kier alpha value is -0.340. The maximum absolute atomic E-state index is 12.4. The van der Waals surface area contributed by atoms with Gasteiger partial charge in [-0.25, -0.2) is 13.1 Å². The average molecular weight is 370 g/mol. The van der Waals surface area contributed by atoms with Gasteiger partial charge in [0, 0.05) is 17.3 Å². The molecule has 5 nitrogen and oxygen atoms in total. The Morgan fingerprint density at radius 1 is 1.53 bits per heavy atom. The van der Waals surface area contributed by atoms with Crippen LogP contribution in [0.4, 0.5) is 5.69 Å². The van der Waals surface area contributed by atoms with Gasteiger partial charge in [0.15, 0.2) is 0 Å². The van der Waals surface area contributed by atoms with Gasteiger partial charge in [-0.3, -0.25) is 0 Å². The van der Waals surface area contributed by atoms with Gasteiger partial charge in [0.2, 0.25) is 10.0 Å². The van der Waals surface area contributed by atoms with Crippen molar-refractivity contribution in [1.29, 1.82) is 0 Å². The van der Waals surface area contributed by atoms with E-state index >= 15 is 0 Å². The predicted molar refractivity (Wildman–Crippen MR) is 77.7 cm³/mol. The number of sulfonamides is 1. The fourth-order valence-corrected chi connectivity index (χ4v) is 4.62. The molecule has 0 radical (unpaired) electrons. The smallest absolute Gasteiger partial charge is 0.242 e. The van der Waals surface area contributed by atoms with Crippen molar-refractivity contribution in [3.8, 4) is 0 Å². The normalized spacial score (nSPS) is 23.7. The van der Waals surface area contributed by atoms with Crippen molar-refractivity contribution in [3.05, 3.63) is 21.6 Å². The van der Waals surface area contributed by atoms with E-state index in [1.54, 1.807) is 6.92 Å². The van der Waals surface area contributed by atoms with Gasteiger partial charge in [0.1, 0.15) is 0 Å². The molecule has 2 rings (SSSR count). The summed E-state index contributed by atoms with van der Waals surface area (Å²) in [5, 5.41) is 0.272. The summed E-state index contributed by atoms with van der Waals surface area (Å²) in [6, 6.07) is 2.86. The van der Waals surface area contributed by atoms with Crippen molar-refractivity contribution >= 4 is 43.2 Å². The number of hydrogen-bond donors (Lipinski definition) is 2. The first-order valence-corrected chi connectivity index (χ1v) is 8.25. The molecule has 1 unspecified atom stereocenters. The third-order valence-corrected chi connectivity index (χ3v) is 5.95. The van der Waals surface area contributed by atoms with Gasteiger partial charge in [0.05, 0.1) is 21.5 Å². The number of ether oxygens (including phenoxy) is 1. The van der Waals surface area contributed by atoms with Gasteiger partial charge in [-0.05, 0) is 41.4 Å². The molecule has 8 heteroatoms. The highest BCUT2D eigenvalue weighted by atomic mass is 79.9. The Morgan fingerprint density at radius 3 is 2.79 bits per heavy atom. The van der Waals surface area contributed by atoms with Crippen molar-refractivity contribution in [1.82, 2.24) is 4.72 Å². The molecular formula is C11H14BrClN2O3S. The number of rotatable bonds is 3. The summed E-state index contributed by atoms with van der Waals surface area (Å²) in [6.07, 6.45) is 0.625. The number of halogens is 2. The quantitative estimate of drug-likeness (QED) is 0.800. The zero-order valence-electron chi connectivity index (χ0n) is 10.2. The van der Waals surface area contributed by atoms with Crippen LogP contribution in [0.1, 0.15) is 13.3 Å². The van der Waals surface area contributed by atoms with Crippen LogP contribution in [-0.2, 0) is 14.8 Å². The molecule has 19 heavy (non-hydrogen) atoms. The van der Waals surface area contributed by atoms with Crippen LogP contribution in [0, 0.1) is 0 Å². The highest BCUT2D eigenvalue weighted by Crippen LogP contribution is 2.32. The van der Waals surface area contributed by atoms with Crippen LogP contribution >= 0.6 is 27.5 Å². The molecule has 1 aromatic rings. The Labute approximate surface area is 125 Å². The monoisotopic (exact) mass is 368 g/mol. The van der Waals surface area contributed by atoms with Crippen LogP contribution in [0.2, 0.25) is 5.02 Å². The average Bonchev–Trinajstić information content (AvgIpc) is 2.68. The lowest BCUT2D eigenvalue weighted by Gasteiger charge is -2.23. The number of nitrogen functional groups attached to an aromatic ring is 1. The molecule has 1 aliphatic heterocycles. The van der Waals surface area contributed by atoms with Crippen LogP contribution in [-0.4, -0.2) is 27.2 Å². The van der Waals surface area contributed by atoms with Crippen LogP contribution in [0.3, 0.4) is 0 Å². The standard InChI is InChI=1S/C11H14BrClN2O3S/c1-11(2-3-18-6-11)15-19(16,17)9-5-7(13)4-8(14)10(9)12/h4-5,15H,2-3,6,14H2,1H3. The summed E-state index contributed by atoms with van der Waals surface area (Å²) >= 11 is 9.04. The van der Waals surface area contributed by atoms with E-state index in [-0.39, 0.29) is 15.6 Å². The van der Waals surface area contributed by atoms with E-state index in [0.717, 1.165) is 0 Å². The van der Waals surface area contributed by atoms with E-state index in [1.807, 2.05) is 0 Å². The minimum atomic E-state index is -3.72. The van der Waals surface area contributed by atoms with Crippen molar-refractivity contribution in [2.45, 2.75) is 23.8 Å². The molecule has 1 fully saturated rings. The Bertz CT molecular complexity index is 600. The second-order valence-electron chi connectivity index (χ2n) is 4.78. The lowest BCUT2D eigenvalue weighted by atomic mass is 10.0. The molecule has 3 N–H and O–H groups in total. The van der Waals surface area contributed by atoms with E-state index in [0.29, 0.717) is 24.1 Å². The highest BCUT2D eigenvalue weighted by Gasteiger charge is 2.35. The minimum absolute atomic E-state index is 0.0330. The lowest BCUT2D eigenvalue weighted by Crippen LogP contribution is -2.46. The maximum Gasteiger partial charge on any atom is 0.242 e. The van der Waals surface area contributed by atoms with E-state index in [2.05, 4.69) is 20.7 Å². The zero-order chi connectivity index (χ0) is 14.3. The molecule has 1 aromatic carbocycles. The van der Waals surface area contributed by atoms with Crippen LogP contribution in [0.15, 0.2) is 21.5 Å². The van der Waals surface area contributed by atoms with Gasteiger partial charge < -0.3 is 10.5 Å². The molecule has 106 valence electrons. The summed E-state index contributed by atoms with van der Waals surface area (Å²) in [7, 11) is -3.72. The van der Waals surface area contributed by atoms with E-state index in [9.17, 15) is 8.42 Å². The summed E-state index contributed by atoms with van der Waals surface area (Å²) < 4.78 is 33.0. The fraction of sp³-hybridized carbons (Fsp3) is 0.455. The molecule has 1 atom stereocenters. The first-order valence-electron chi connectivity index (χ1n) is 5.60. The summed E-state index contributed by atoms with van der Waals surface area (Å²) in [5.74, 6) is 0. The van der Waals surface area contributed by atoms with E-state index < -0.39 is 15.6 Å². The topological polar surface area (TPSA) is 81.4 Å². The molecule has 1 heterocycles. The van der Waals surface area contributed by atoms with Gasteiger partial charge in [-0.15, -0.1) is 0 Å². The van der Waals surface area contributed by atoms with Crippen molar-refractivity contribution in [3.63, 3.8) is 0 Å². The molecule has 0 spiro atoms. The number of nitrogens with one attached hydrogen (secondary N) is 1. The summed E-state index contributed by atoms with van der Waals surface area (Å²) in [4.78, 5) is 0.0330. The van der Waals surface area contributed by atoms with E-state index in [4.69, 9.17) is 22.1 Å². The minimum Gasteiger partial charge on any atom is -0.398 e. The van der Waals surface area contributed by atoms with Gasteiger partial charge in [0.25, 0.3) is 0 Å². The second kappa shape index (κ2) is 5.21. The SMILES string of the molecule is CC1(NS(=O)(=O)c2cc(Cl)cc(N)c2Br)CCOC1. The third kappa shape index (κ3) is 3.22. The van der Waals surface area contributed by atoms with Gasteiger partial charge >= 0.3 is 0 Å².